The molecule has 0 aromatic heterocycles. The fraction of sp³-hybridized carbons (Fsp3) is 0.929. The number of likely N-dealkylation sites (tertiary alicyclic amines) is 1. The molecule has 1 atom stereocenters. The van der Waals surface area contributed by atoms with Crippen LogP contribution in [0, 0.1) is 11.3 Å². The van der Waals surface area contributed by atoms with E-state index in [1.165, 1.54) is 32.4 Å². The molecule has 0 aromatic rings. The first-order chi connectivity index (χ1) is 7.93. The number of nitrogens with zero attached hydrogens (tertiary/aromatic N) is 2. The molecule has 0 saturated carbocycles. The zero-order valence-electron chi connectivity index (χ0n) is 11.8. The smallest absolute Gasteiger partial charge is 0.103 e. The molecule has 1 N–H and O–H groups in total. The van der Waals surface area contributed by atoms with Crippen LogP contribution < -0.4 is 5.32 Å². The van der Waals surface area contributed by atoms with Crippen molar-refractivity contribution in [2.45, 2.75) is 64.0 Å². The van der Waals surface area contributed by atoms with Crippen LogP contribution in [0.4, 0.5) is 0 Å². The van der Waals surface area contributed by atoms with Gasteiger partial charge in [-0.25, -0.2) is 0 Å². The van der Waals surface area contributed by atoms with Crippen LogP contribution >= 0.6 is 0 Å². The maximum absolute atomic E-state index is 9.06. The summed E-state index contributed by atoms with van der Waals surface area (Å²) in [5, 5.41) is 12.2. The second-order valence-corrected chi connectivity index (χ2v) is 6.05. The van der Waals surface area contributed by atoms with Crippen molar-refractivity contribution < 1.29 is 0 Å². The van der Waals surface area contributed by atoms with E-state index < -0.39 is 0 Å². The van der Waals surface area contributed by atoms with Crippen molar-refractivity contribution in [3.05, 3.63) is 0 Å². The summed E-state index contributed by atoms with van der Waals surface area (Å²) in [7, 11) is 1.87. The first-order valence-corrected chi connectivity index (χ1v) is 6.79. The Hall–Kier alpha value is -0.590. The molecule has 0 amide bonds. The molecule has 0 bridgehead atoms. The Morgan fingerprint density at radius 1 is 1.41 bits per heavy atom. The minimum Gasteiger partial charge on any atom is -0.303 e. The molecule has 1 fully saturated rings. The number of rotatable bonds is 6. The van der Waals surface area contributed by atoms with Gasteiger partial charge < -0.3 is 5.32 Å². The molecule has 1 saturated heterocycles. The van der Waals surface area contributed by atoms with Gasteiger partial charge in [0, 0.05) is 5.54 Å². The molecular weight excluding hydrogens is 210 g/mol. The van der Waals surface area contributed by atoms with Crippen LogP contribution in [-0.2, 0) is 0 Å². The van der Waals surface area contributed by atoms with Crippen LogP contribution in [0.1, 0.15) is 52.9 Å². The van der Waals surface area contributed by atoms with Crippen molar-refractivity contribution in [2.24, 2.45) is 0 Å². The van der Waals surface area contributed by atoms with Crippen molar-refractivity contribution in [2.75, 3.05) is 20.1 Å². The zero-order valence-corrected chi connectivity index (χ0v) is 11.8. The van der Waals surface area contributed by atoms with Crippen molar-refractivity contribution in [1.29, 1.82) is 5.26 Å². The lowest BCUT2D eigenvalue weighted by Gasteiger charge is -2.31. The van der Waals surface area contributed by atoms with Crippen molar-refractivity contribution >= 4 is 0 Å². The Morgan fingerprint density at radius 2 is 2.12 bits per heavy atom. The van der Waals surface area contributed by atoms with Crippen LogP contribution in [-0.4, -0.2) is 36.1 Å². The first kappa shape index (κ1) is 14.5. The van der Waals surface area contributed by atoms with Crippen LogP contribution in [0.25, 0.3) is 0 Å². The van der Waals surface area contributed by atoms with Gasteiger partial charge in [-0.05, 0) is 73.0 Å². The van der Waals surface area contributed by atoms with E-state index in [0.29, 0.717) is 5.54 Å². The van der Waals surface area contributed by atoms with Gasteiger partial charge in [-0.2, -0.15) is 5.26 Å². The molecule has 1 unspecified atom stereocenters. The van der Waals surface area contributed by atoms with E-state index in [4.69, 9.17) is 5.26 Å². The number of hydrogen-bond donors (Lipinski definition) is 1. The van der Waals surface area contributed by atoms with Gasteiger partial charge in [0.15, 0.2) is 0 Å². The monoisotopic (exact) mass is 237 g/mol. The number of hydrogen-bond acceptors (Lipinski definition) is 3. The van der Waals surface area contributed by atoms with Crippen LogP contribution in [0.2, 0.25) is 0 Å². The number of nitrogens with one attached hydrogen (secondary N) is 1. The normalized spacial score (nSPS) is 23.2. The maximum Gasteiger partial charge on any atom is 0.103 e. The summed E-state index contributed by atoms with van der Waals surface area (Å²) >= 11 is 0. The standard InChI is InChI=1S/C14H27N3/c1-13(2)8-7-11-17(13)10-6-5-9-14(3,12-15)16-4/h16H,5-11H2,1-4H3. The molecule has 1 aliphatic heterocycles. The fourth-order valence-corrected chi connectivity index (χ4v) is 2.60. The van der Waals surface area contributed by atoms with Gasteiger partial charge in [0.2, 0.25) is 0 Å². The van der Waals surface area contributed by atoms with Gasteiger partial charge in [-0.3, -0.25) is 4.90 Å². The van der Waals surface area contributed by atoms with E-state index in [2.05, 4.69) is 30.1 Å². The third-order valence-corrected chi connectivity index (χ3v) is 4.23. The first-order valence-electron chi connectivity index (χ1n) is 6.79. The molecule has 1 rings (SSSR count). The molecule has 3 heteroatoms. The van der Waals surface area contributed by atoms with Crippen molar-refractivity contribution in [3.63, 3.8) is 0 Å². The topological polar surface area (TPSA) is 39.1 Å². The summed E-state index contributed by atoms with van der Waals surface area (Å²) in [5.74, 6) is 0. The molecular formula is C14H27N3. The lowest BCUT2D eigenvalue weighted by atomic mass is 9.96. The SMILES string of the molecule is CNC(C)(C#N)CCCCN1CCCC1(C)C. The van der Waals surface area contributed by atoms with E-state index >= 15 is 0 Å². The minimum absolute atomic E-state index is 0.347. The quantitative estimate of drug-likeness (QED) is 0.722. The molecule has 1 aliphatic rings. The summed E-state index contributed by atoms with van der Waals surface area (Å²) in [6.45, 7) is 9.08. The highest BCUT2D eigenvalue weighted by atomic mass is 15.2. The Bertz CT molecular complexity index is 280. The molecule has 3 nitrogen and oxygen atoms in total. The predicted octanol–water partition coefficient (Wildman–Crippen LogP) is 2.53. The lowest BCUT2D eigenvalue weighted by molar-refractivity contribution is 0.170. The Morgan fingerprint density at radius 3 is 2.59 bits per heavy atom. The van der Waals surface area contributed by atoms with Crippen molar-refractivity contribution in [3.8, 4) is 6.07 Å². The summed E-state index contributed by atoms with van der Waals surface area (Å²) in [6.07, 6.45) is 5.91. The highest BCUT2D eigenvalue weighted by Gasteiger charge is 2.31. The van der Waals surface area contributed by atoms with Crippen LogP contribution in [0.15, 0.2) is 0 Å². The third kappa shape index (κ3) is 3.97. The largest absolute Gasteiger partial charge is 0.303 e. The zero-order chi connectivity index (χ0) is 12.9. The minimum atomic E-state index is -0.347. The summed E-state index contributed by atoms with van der Waals surface area (Å²) in [6, 6.07) is 2.35. The average Bonchev–Trinajstić information content (AvgIpc) is 2.64. The Balaban J connectivity index is 2.23. The highest BCUT2D eigenvalue weighted by molar-refractivity contribution is 5.02. The van der Waals surface area contributed by atoms with E-state index in [1.54, 1.807) is 0 Å². The fourth-order valence-electron chi connectivity index (χ4n) is 2.60. The van der Waals surface area contributed by atoms with Gasteiger partial charge in [0.05, 0.1) is 6.07 Å². The Kier molecular flexibility index (Phi) is 4.97. The van der Waals surface area contributed by atoms with Gasteiger partial charge in [-0.1, -0.05) is 0 Å². The molecule has 0 aromatic carbocycles. The van der Waals surface area contributed by atoms with Crippen LogP contribution in [0.5, 0.6) is 0 Å². The maximum atomic E-state index is 9.06. The number of unbranched alkanes of at least 4 members (excludes halogenated alkanes) is 1. The highest BCUT2D eigenvalue weighted by Crippen LogP contribution is 2.28. The molecule has 17 heavy (non-hydrogen) atoms. The predicted molar refractivity (Wildman–Crippen MR) is 71.8 cm³/mol. The summed E-state index contributed by atoms with van der Waals surface area (Å²) in [4.78, 5) is 2.59. The van der Waals surface area contributed by atoms with Gasteiger partial charge in [-0.15, -0.1) is 0 Å². The van der Waals surface area contributed by atoms with Crippen LogP contribution in [0.3, 0.4) is 0 Å². The van der Waals surface area contributed by atoms with E-state index in [0.717, 1.165) is 12.8 Å². The molecule has 0 aliphatic carbocycles. The van der Waals surface area contributed by atoms with E-state index in [9.17, 15) is 0 Å². The van der Waals surface area contributed by atoms with Gasteiger partial charge >= 0.3 is 0 Å². The second-order valence-electron chi connectivity index (χ2n) is 6.05. The Labute approximate surface area is 106 Å². The third-order valence-electron chi connectivity index (χ3n) is 4.23. The van der Waals surface area contributed by atoms with E-state index in [-0.39, 0.29) is 5.54 Å². The van der Waals surface area contributed by atoms with E-state index in [1.807, 2.05) is 14.0 Å². The number of nitriles is 1. The molecule has 1 heterocycles. The van der Waals surface area contributed by atoms with Gasteiger partial charge in [0.25, 0.3) is 0 Å². The van der Waals surface area contributed by atoms with Gasteiger partial charge in [0.1, 0.15) is 5.54 Å². The summed E-state index contributed by atoms with van der Waals surface area (Å²) in [5.41, 5.74) is 0.0437. The lowest BCUT2D eigenvalue weighted by Crippen LogP contribution is -2.40. The average molecular weight is 237 g/mol. The second kappa shape index (κ2) is 5.84. The molecule has 0 spiro atoms. The molecule has 0 radical (unpaired) electrons. The summed E-state index contributed by atoms with van der Waals surface area (Å²) < 4.78 is 0. The molecule has 98 valence electrons. The van der Waals surface area contributed by atoms with Crippen molar-refractivity contribution in [1.82, 2.24) is 10.2 Å².